The zero-order chi connectivity index (χ0) is 46.5. The van der Waals surface area contributed by atoms with Gasteiger partial charge in [-0.15, -0.1) is 0 Å². The van der Waals surface area contributed by atoms with Gasteiger partial charge in [0.2, 0.25) is 0 Å². The van der Waals surface area contributed by atoms with Crippen LogP contribution in [0.1, 0.15) is 284 Å². The van der Waals surface area contributed by atoms with Gasteiger partial charge in [0.05, 0.1) is 0 Å². The van der Waals surface area contributed by atoms with Gasteiger partial charge in [0.25, 0.3) is 0 Å². The zero-order valence-electron chi connectivity index (χ0n) is 42.6. The summed E-state index contributed by atoms with van der Waals surface area (Å²) in [6, 6.07) is 0. The zero-order valence-corrected chi connectivity index (χ0v) is 42.6. The van der Waals surface area contributed by atoms with Crippen LogP contribution >= 0.6 is 0 Å². The Labute approximate surface area is 397 Å². The van der Waals surface area contributed by atoms with Crippen LogP contribution < -0.4 is 0 Å². The molecular formula is C58H104O6. The van der Waals surface area contributed by atoms with Crippen molar-refractivity contribution in [3.8, 4) is 0 Å². The van der Waals surface area contributed by atoms with E-state index in [1.807, 2.05) is 0 Å². The summed E-state index contributed by atoms with van der Waals surface area (Å²) in [5, 5.41) is 0. The van der Waals surface area contributed by atoms with Gasteiger partial charge in [-0.3, -0.25) is 14.4 Å². The SMILES string of the molecule is CCCCCC/C=C\CCCCCCCCCC(=O)OC(COC(=O)CCC/C=C\C/C=C\C/C=C\CCCCCCCC)COC(=O)CCCCCCCCCCCCCCCC. The van der Waals surface area contributed by atoms with Crippen molar-refractivity contribution < 1.29 is 28.6 Å². The molecule has 0 N–H and O–H groups in total. The molecule has 1 unspecified atom stereocenters. The second kappa shape index (κ2) is 53.0. The van der Waals surface area contributed by atoms with E-state index in [-0.39, 0.29) is 31.1 Å². The van der Waals surface area contributed by atoms with Crippen LogP contribution in [0.2, 0.25) is 0 Å². The van der Waals surface area contributed by atoms with Crippen molar-refractivity contribution in [3.05, 3.63) is 48.6 Å². The second-order valence-corrected chi connectivity index (χ2v) is 18.5. The first-order chi connectivity index (χ1) is 31.5. The molecule has 0 heterocycles. The van der Waals surface area contributed by atoms with Gasteiger partial charge in [0, 0.05) is 19.3 Å². The second-order valence-electron chi connectivity index (χ2n) is 18.5. The predicted octanol–water partition coefficient (Wildman–Crippen LogP) is 18.3. The summed E-state index contributed by atoms with van der Waals surface area (Å²) in [5.74, 6) is -0.936. The summed E-state index contributed by atoms with van der Waals surface area (Å²) in [7, 11) is 0. The van der Waals surface area contributed by atoms with Gasteiger partial charge in [-0.2, -0.15) is 0 Å². The molecule has 0 aliphatic rings. The molecule has 0 fully saturated rings. The predicted molar refractivity (Wildman–Crippen MR) is 275 cm³/mol. The quantitative estimate of drug-likeness (QED) is 0.0262. The Hall–Kier alpha value is -2.63. The lowest BCUT2D eigenvalue weighted by Crippen LogP contribution is -2.30. The molecule has 0 rings (SSSR count). The van der Waals surface area contributed by atoms with Crippen LogP contribution in [0.25, 0.3) is 0 Å². The molecule has 0 aliphatic carbocycles. The van der Waals surface area contributed by atoms with E-state index in [4.69, 9.17) is 14.2 Å². The third-order valence-corrected chi connectivity index (χ3v) is 12.1. The number of ether oxygens (including phenoxy) is 3. The lowest BCUT2D eigenvalue weighted by molar-refractivity contribution is -0.167. The molecule has 0 aliphatic heterocycles. The molecule has 0 saturated heterocycles. The van der Waals surface area contributed by atoms with Crippen molar-refractivity contribution in [1.82, 2.24) is 0 Å². The van der Waals surface area contributed by atoms with E-state index < -0.39 is 6.10 Å². The minimum atomic E-state index is -0.792. The number of carbonyl (C=O) groups is 3. The van der Waals surface area contributed by atoms with Gasteiger partial charge >= 0.3 is 17.9 Å². The Balaban J connectivity index is 4.43. The van der Waals surface area contributed by atoms with Crippen LogP contribution in [-0.2, 0) is 28.6 Å². The Morgan fingerprint density at radius 1 is 0.312 bits per heavy atom. The molecule has 6 heteroatoms. The van der Waals surface area contributed by atoms with Gasteiger partial charge < -0.3 is 14.2 Å². The fraction of sp³-hybridized carbons (Fsp3) is 0.810. The highest BCUT2D eigenvalue weighted by molar-refractivity contribution is 5.71. The largest absolute Gasteiger partial charge is 0.462 e. The van der Waals surface area contributed by atoms with Gasteiger partial charge in [0.15, 0.2) is 6.10 Å². The summed E-state index contributed by atoms with van der Waals surface area (Å²) in [4.78, 5) is 38.0. The summed E-state index contributed by atoms with van der Waals surface area (Å²) in [6.07, 6.45) is 63.8. The Morgan fingerprint density at radius 2 is 0.578 bits per heavy atom. The molecule has 0 saturated carbocycles. The maximum atomic E-state index is 12.8. The van der Waals surface area contributed by atoms with Gasteiger partial charge in [-0.05, 0) is 77.0 Å². The minimum Gasteiger partial charge on any atom is -0.462 e. The highest BCUT2D eigenvalue weighted by Crippen LogP contribution is 2.15. The van der Waals surface area contributed by atoms with E-state index in [1.165, 1.54) is 180 Å². The van der Waals surface area contributed by atoms with E-state index in [1.54, 1.807) is 0 Å². The van der Waals surface area contributed by atoms with Gasteiger partial charge in [-0.1, -0.05) is 236 Å². The molecule has 0 spiro atoms. The topological polar surface area (TPSA) is 78.9 Å². The molecule has 0 aromatic rings. The van der Waals surface area contributed by atoms with Crippen molar-refractivity contribution in [3.63, 3.8) is 0 Å². The maximum Gasteiger partial charge on any atom is 0.306 e. The van der Waals surface area contributed by atoms with E-state index in [2.05, 4.69) is 69.4 Å². The van der Waals surface area contributed by atoms with Crippen LogP contribution in [0.15, 0.2) is 48.6 Å². The van der Waals surface area contributed by atoms with Crippen molar-refractivity contribution >= 4 is 17.9 Å². The molecule has 0 bridgehead atoms. The smallest absolute Gasteiger partial charge is 0.306 e. The molecule has 6 nitrogen and oxygen atoms in total. The number of esters is 3. The number of allylic oxidation sites excluding steroid dienone is 8. The average molecular weight is 897 g/mol. The van der Waals surface area contributed by atoms with Crippen molar-refractivity contribution in [2.75, 3.05) is 13.2 Å². The van der Waals surface area contributed by atoms with E-state index in [0.29, 0.717) is 25.7 Å². The lowest BCUT2D eigenvalue weighted by Gasteiger charge is -2.18. The van der Waals surface area contributed by atoms with Gasteiger partial charge in [-0.25, -0.2) is 0 Å². The summed E-state index contributed by atoms with van der Waals surface area (Å²) in [5.41, 5.74) is 0. The minimum absolute atomic E-state index is 0.0876. The molecule has 372 valence electrons. The number of rotatable bonds is 50. The molecule has 64 heavy (non-hydrogen) atoms. The molecule has 1 atom stereocenters. The van der Waals surface area contributed by atoms with Crippen LogP contribution in [0.3, 0.4) is 0 Å². The summed E-state index contributed by atoms with van der Waals surface area (Å²) in [6.45, 7) is 6.60. The number of carbonyl (C=O) groups excluding carboxylic acids is 3. The third kappa shape index (κ3) is 50.4. The highest BCUT2D eigenvalue weighted by Gasteiger charge is 2.19. The van der Waals surface area contributed by atoms with Crippen LogP contribution in [0.4, 0.5) is 0 Å². The Bertz CT molecular complexity index is 1120. The van der Waals surface area contributed by atoms with Crippen LogP contribution in [-0.4, -0.2) is 37.2 Å². The maximum absolute atomic E-state index is 12.8. The summed E-state index contributed by atoms with van der Waals surface area (Å²) < 4.78 is 16.8. The number of hydrogen-bond acceptors (Lipinski definition) is 6. The van der Waals surface area contributed by atoms with Crippen LogP contribution in [0, 0.1) is 0 Å². The first-order valence-electron chi connectivity index (χ1n) is 27.6. The van der Waals surface area contributed by atoms with E-state index >= 15 is 0 Å². The number of hydrogen-bond donors (Lipinski definition) is 0. The average Bonchev–Trinajstić information content (AvgIpc) is 3.29. The standard InChI is InChI=1S/C58H104O6/c1-4-7-10-13-16-19-22-25-28-29-31-33-36-39-42-45-48-51-57(60)63-54-55(53-62-56(59)50-47-44-41-38-35-32-27-24-21-18-15-12-9-6-3)64-58(61)52-49-46-43-40-37-34-30-26-23-20-17-14-11-8-5-2/h20,23,25,28,31,33,39,42,55H,4-19,21-22,24,26-27,29-30,32,34-38,40-41,43-54H2,1-3H3/b23-20-,28-25-,33-31-,42-39-. The lowest BCUT2D eigenvalue weighted by atomic mass is 10.0. The Kier molecular flexibility index (Phi) is 50.8. The third-order valence-electron chi connectivity index (χ3n) is 12.1. The first kappa shape index (κ1) is 61.4. The van der Waals surface area contributed by atoms with E-state index in [9.17, 15) is 14.4 Å². The molecule has 0 radical (unpaired) electrons. The fourth-order valence-corrected chi connectivity index (χ4v) is 7.87. The molecule has 0 aromatic carbocycles. The molecular weight excluding hydrogens is 793 g/mol. The van der Waals surface area contributed by atoms with Crippen molar-refractivity contribution in [2.24, 2.45) is 0 Å². The van der Waals surface area contributed by atoms with Crippen LogP contribution in [0.5, 0.6) is 0 Å². The normalized spacial score (nSPS) is 12.4. The summed E-state index contributed by atoms with van der Waals surface area (Å²) >= 11 is 0. The van der Waals surface area contributed by atoms with E-state index in [0.717, 1.165) is 57.8 Å². The first-order valence-corrected chi connectivity index (χ1v) is 27.6. The Morgan fingerprint density at radius 3 is 0.969 bits per heavy atom. The highest BCUT2D eigenvalue weighted by atomic mass is 16.6. The van der Waals surface area contributed by atoms with Crippen molar-refractivity contribution in [2.45, 2.75) is 290 Å². The number of unbranched alkanes of at least 4 members (excludes halogenated alkanes) is 31. The fourth-order valence-electron chi connectivity index (χ4n) is 7.87. The molecule has 0 aromatic heterocycles. The monoisotopic (exact) mass is 897 g/mol. The van der Waals surface area contributed by atoms with Gasteiger partial charge in [0.1, 0.15) is 13.2 Å². The van der Waals surface area contributed by atoms with Crippen molar-refractivity contribution in [1.29, 1.82) is 0 Å². The molecule has 0 amide bonds.